The molecule has 0 aliphatic carbocycles. The summed E-state index contributed by atoms with van der Waals surface area (Å²) in [5.41, 5.74) is 0.910. The SMILES string of the molecule is CC.CP.Cn1ccc2ccnc(Oc3ccc([N+](=O)[O-])cc3)c21. The zero-order chi connectivity index (χ0) is 18.1. The third-order valence-corrected chi connectivity index (χ3v) is 3.01. The van der Waals surface area contributed by atoms with Gasteiger partial charge in [-0.1, -0.05) is 20.5 Å². The quantitative estimate of drug-likeness (QED) is 0.388. The van der Waals surface area contributed by atoms with E-state index in [1.807, 2.05) is 50.5 Å². The lowest BCUT2D eigenvalue weighted by molar-refractivity contribution is -0.384. The minimum Gasteiger partial charge on any atom is -0.437 e. The third kappa shape index (κ3) is 4.52. The second kappa shape index (κ2) is 9.63. The van der Waals surface area contributed by atoms with E-state index in [0.29, 0.717) is 11.6 Å². The van der Waals surface area contributed by atoms with Gasteiger partial charge >= 0.3 is 0 Å². The van der Waals surface area contributed by atoms with Crippen molar-refractivity contribution in [3.05, 3.63) is 58.9 Å². The van der Waals surface area contributed by atoms with E-state index < -0.39 is 4.92 Å². The van der Waals surface area contributed by atoms with Gasteiger partial charge in [-0.3, -0.25) is 10.1 Å². The molecule has 7 heteroatoms. The smallest absolute Gasteiger partial charge is 0.269 e. The molecule has 1 atom stereocenters. The van der Waals surface area contributed by atoms with E-state index >= 15 is 0 Å². The number of non-ortho nitro benzene ring substituents is 1. The van der Waals surface area contributed by atoms with Gasteiger partial charge in [0.2, 0.25) is 5.88 Å². The Morgan fingerprint density at radius 2 is 1.75 bits per heavy atom. The fraction of sp³-hybridized carbons (Fsp3) is 0.235. The van der Waals surface area contributed by atoms with Crippen molar-refractivity contribution >= 4 is 25.8 Å². The zero-order valence-corrected chi connectivity index (χ0v) is 15.4. The fourth-order valence-corrected chi connectivity index (χ4v) is 2.03. The number of hydrogen-bond acceptors (Lipinski definition) is 4. The summed E-state index contributed by atoms with van der Waals surface area (Å²) in [6.45, 7) is 5.92. The van der Waals surface area contributed by atoms with E-state index in [0.717, 1.165) is 10.9 Å². The molecule has 3 rings (SSSR count). The summed E-state index contributed by atoms with van der Waals surface area (Å²) in [4.78, 5) is 14.4. The van der Waals surface area contributed by atoms with Crippen LogP contribution in [0.5, 0.6) is 11.6 Å². The monoisotopic (exact) mass is 347 g/mol. The van der Waals surface area contributed by atoms with Gasteiger partial charge in [-0.2, -0.15) is 0 Å². The van der Waals surface area contributed by atoms with Crippen LogP contribution in [0, 0.1) is 10.1 Å². The highest BCUT2D eigenvalue weighted by Gasteiger charge is 2.10. The van der Waals surface area contributed by atoms with Crippen LogP contribution >= 0.6 is 9.24 Å². The van der Waals surface area contributed by atoms with Crippen LogP contribution in [0.1, 0.15) is 13.8 Å². The molecule has 0 fully saturated rings. The van der Waals surface area contributed by atoms with Crippen molar-refractivity contribution in [2.45, 2.75) is 13.8 Å². The Hall–Kier alpha value is -2.46. The summed E-state index contributed by atoms with van der Waals surface area (Å²) < 4.78 is 7.63. The van der Waals surface area contributed by atoms with Gasteiger partial charge in [0.15, 0.2) is 0 Å². The number of nitro groups is 1. The molecule has 2 aromatic heterocycles. The highest BCUT2D eigenvalue weighted by Crippen LogP contribution is 2.28. The van der Waals surface area contributed by atoms with Crippen molar-refractivity contribution in [3.63, 3.8) is 0 Å². The number of pyridine rings is 1. The molecule has 6 nitrogen and oxygen atoms in total. The Labute approximate surface area is 143 Å². The van der Waals surface area contributed by atoms with Gasteiger partial charge in [0.25, 0.3) is 5.69 Å². The van der Waals surface area contributed by atoms with Gasteiger partial charge in [0.05, 0.1) is 4.92 Å². The van der Waals surface area contributed by atoms with Gasteiger partial charge in [0, 0.05) is 37.0 Å². The number of nitro benzene ring substituents is 1. The predicted molar refractivity (Wildman–Crippen MR) is 101 cm³/mol. The number of fused-ring (bicyclic) bond motifs is 1. The summed E-state index contributed by atoms with van der Waals surface area (Å²) in [6, 6.07) is 9.79. The maximum absolute atomic E-state index is 10.6. The van der Waals surface area contributed by atoms with E-state index in [2.05, 4.69) is 14.2 Å². The molecule has 0 N–H and O–H groups in total. The number of nitrogens with zero attached hydrogens (tertiary/aromatic N) is 3. The Morgan fingerprint density at radius 1 is 1.12 bits per heavy atom. The van der Waals surface area contributed by atoms with Gasteiger partial charge in [-0.05, 0) is 24.3 Å². The van der Waals surface area contributed by atoms with E-state index in [-0.39, 0.29) is 5.69 Å². The molecular formula is C17H22N3O3P. The maximum atomic E-state index is 10.6. The highest BCUT2D eigenvalue weighted by molar-refractivity contribution is 7.15. The number of hydrogen-bond donors (Lipinski definition) is 0. The molecule has 2 heterocycles. The van der Waals surface area contributed by atoms with Gasteiger partial charge in [0.1, 0.15) is 11.3 Å². The normalized spacial score (nSPS) is 9.38. The minimum absolute atomic E-state index is 0.0300. The van der Waals surface area contributed by atoms with Crippen LogP contribution in [-0.4, -0.2) is 21.1 Å². The Morgan fingerprint density at radius 3 is 2.33 bits per heavy atom. The van der Waals surface area contributed by atoms with E-state index in [9.17, 15) is 10.1 Å². The highest BCUT2D eigenvalue weighted by atomic mass is 31.0. The second-order valence-corrected chi connectivity index (χ2v) is 4.33. The van der Waals surface area contributed by atoms with Gasteiger partial charge in [-0.15, -0.1) is 9.24 Å². The van der Waals surface area contributed by atoms with Gasteiger partial charge < -0.3 is 9.30 Å². The zero-order valence-electron chi connectivity index (χ0n) is 14.3. The maximum Gasteiger partial charge on any atom is 0.269 e. The number of aromatic nitrogens is 2. The first-order chi connectivity index (χ1) is 11.6. The molecule has 0 bridgehead atoms. The fourth-order valence-electron chi connectivity index (χ4n) is 2.03. The molecule has 3 aromatic rings. The molecule has 0 saturated carbocycles. The number of benzene rings is 1. The summed E-state index contributed by atoms with van der Waals surface area (Å²) in [6.07, 6.45) is 3.60. The lowest BCUT2D eigenvalue weighted by atomic mass is 10.3. The summed E-state index contributed by atoms with van der Waals surface area (Å²) in [7, 11) is 4.33. The third-order valence-electron chi connectivity index (χ3n) is 3.01. The van der Waals surface area contributed by atoms with Crippen LogP contribution in [0.25, 0.3) is 10.9 Å². The number of aryl methyl sites for hydroxylation is 1. The average Bonchev–Trinajstić information content (AvgIpc) is 3.01. The first-order valence-corrected chi connectivity index (χ1v) is 8.71. The largest absolute Gasteiger partial charge is 0.437 e. The minimum atomic E-state index is -0.444. The second-order valence-electron chi connectivity index (χ2n) is 4.33. The molecule has 1 unspecified atom stereocenters. The van der Waals surface area contributed by atoms with E-state index in [1.165, 1.54) is 12.1 Å². The Kier molecular flexibility index (Phi) is 7.86. The first kappa shape index (κ1) is 19.6. The van der Waals surface area contributed by atoms with E-state index in [1.54, 1.807) is 18.3 Å². The summed E-state index contributed by atoms with van der Waals surface area (Å²) in [5, 5.41) is 11.6. The van der Waals surface area contributed by atoms with Gasteiger partial charge in [-0.25, -0.2) is 4.98 Å². The average molecular weight is 347 g/mol. The van der Waals surface area contributed by atoms with Crippen molar-refractivity contribution in [2.75, 3.05) is 6.66 Å². The molecular weight excluding hydrogens is 325 g/mol. The number of ether oxygens (including phenoxy) is 1. The molecule has 0 amide bonds. The molecule has 0 aliphatic rings. The molecule has 0 spiro atoms. The van der Waals surface area contributed by atoms with Crippen molar-refractivity contribution in [1.29, 1.82) is 0 Å². The van der Waals surface area contributed by atoms with Crippen LogP contribution in [0.3, 0.4) is 0 Å². The van der Waals surface area contributed by atoms with Crippen LogP contribution < -0.4 is 4.74 Å². The van der Waals surface area contributed by atoms with Crippen LogP contribution in [-0.2, 0) is 7.05 Å². The lowest BCUT2D eigenvalue weighted by Crippen LogP contribution is -1.93. The van der Waals surface area contributed by atoms with Crippen LogP contribution in [0.2, 0.25) is 0 Å². The van der Waals surface area contributed by atoms with Crippen molar-refractivity contribution in [3.8, 4) is 11.6 Å². The standard InChI is InChI=1S/C14H11N3O3.C2H6.CH5P/c1-16-9-7-10-6-8-15-14(13(10)16)20-12-4-2-11(3-5-12)17(18)19;2*1-2/h2-9H,1H3;1-2H3;2H2,1H3. The topological polar surface area (TPSA) is 70.2 Å². The Balaban J connectivity index is 0.000000671. The molecule has 0 radical (unpaired) electrons. The Bertz CT molecular complexity index is 785. The van der Waals surface area contributed by atoms with Crippen LogP contribution in [0.15, 0.2) is 48.8 Å². The summed E-state index contributed by atoms with van der Waals surface area (Å²) >= 11 is 0. The molecule has 0 saturated heterocycles. The molecule has 0 aliphatic heterocycles. The van der Waals surface area contributed by atoms with E-state index in [4.69, 9.17) is 4.74 Å². The first-order valence-electron chi connectivity index (χ1n) is 7.55. The summed E-state index contributed by atoms with van der Waals surface area (Å²) in [5.74, 6) is 0.987. The van der Waals surface area contributed by atoms with Crippen molar-refractivity contribution in [2.24, 2.45) is 7.05 Å². The number of rotatable bonds is 3. The lowest BCUT2D eigenvalue weighted by Gasteiger charge is -2.07. The van der Waals surface area contributed by atoms with Crippen molar-refractivity contribution < 1.29 is 9.66 Å². The molecule has 24 heavy (non-hydrogen) atoms. The van der Waals surface area contributed by atoms with Crippen molar-refractivity contribution in [1.82, 2.24) is 9.55 Å². The molecule has 1 aromatic carbocycles. The van der Waals surface area contributed by atoms with Crippen LogP contribution in [0.4, 0.5) is 5.69 Å². The predicted octanol–water partition coefficient (Wildman–Crippen LogP) is 4.79. The molecule has 128 valence electrons.